The highest BCUT2D eigenvalue weighted by atomic mass is 16.5. The number of ketones is 1. The van der Waals surface area contributed by atoms with Crippen molar-refractivity contribution in [1.82, 2.24) is 4.90 Å². The summed E-state index contributed by atoms with van der Waals surface area (Å²) in [6, 6.07) is 12.6. The Bertz CT molecular complexity index is 959. The van der Waals surface area contributed by atoms with E-state index in [2.05, 4.69) is 6.92 Å². The number of carbonyl (C=O) groups excluding carboxylic acids is 2. The predicted octanol–water partition coefficient (Wildman–Crippen LogP) is 4.40. The van der Waals surface area contributed by atoms with Gasteiger partial charge in [-0.15, -0.1) is 0 Å². The van der Waals surface area contributed by atoms with Gasteiger partial charge in [-0.1, -0.05) is 49.7 Å². The van der Waals surface area contributed by atoms with E-state index >= 15 is 0 Å². The summed E-state index contributed by atoms with van der Waals surface area (Å²) in [7, 11) is 1.51. The maximum Gasteiger partial charge on any atom is 0.295 e. The quantitative estimate of drug-likeness (QED) is 0.449. The van der Waals surface area contributed by atoms with Gasteiger partial charge >= 0.3 is 0 Å². The first kappa shape index (κ1) is 20.6. The number of nitrogens with zero attached hydrogens (tertiary/aromatic N) is 1. The Morgan fingerprint density at radius 3 is 2.38 bits per heavy atom. The summed E-state index contributed by atoms with van der Waals surface area (Å²) in [5, 5.41) is 11.2. The van der Waals surface area contributed by atoms with E-state index in [-0.39, 0.29) is 11.3 Å². The van der Waals surface area contributed by atoms with Crippen LogP contribution in [-0.4, -0.2) is 35.4 Å². The summed E-state index contributed by atoms with van der Waals surface area (Å²) >= 11 is 0. The summed E-state index contributed by atoms with van der Waals surface area (Å²) < 4.78 is 5.38. The molecule has 1 N–H and O–H groups in total. The van der Waals surface area contributed by atoms with E-state index in [9.17, 15) is 14.7 Å². The lowest BCUT2D eigenvalue weighted by molar-refractivity contribution is -0.139. The highest BCUT2D eigenvalue weighted by Gasteiger charge is 2.45. The third-order valence-corrected chi connectivity index (χ3v) is 5.32. The number of carbonyl (C=O) groups is 2. The van der Waals surface area contributed by atoms with Crippen molar-refractivity contribution >= 4 is 17.4 Å². The van der Waals surface area contributed by atoms with Gasteiger partial charge in [-0.25, -0.2) is 0 Å². The molecule has 1 saturated heterocycles. The summed E-state index contributed by atoms with van der Waals surface area (Å²) in [5.74, 6) is -0.990. The van der Waals surface area contributed by atoms with E-state index in [4.69, 9.17) is 4.74 Å². The van der Waals surface area contributed by atoms with E-state index < -0.39 is 17.7 Å². The Balaban J connectivity index is 2.22. The normalized spacial score (nSPS) is 18.3. The number of aliphatic hydroxyl groups excluding tert-OH is 1. The molecule has 1 amide bonds. The molecule has 0 radical (unpaired) electrons. The highest BCUT2D eigenvalue weighted by Crippen LogP contribution is 2.41. The van der Waals surface area contributed by atoms with Crippen LogP contribution in [0.3, 0.4) is 0 Å². The van der Waals surface area contributed by atoms with Crippen LogP contribution in [0.15, 0.2) is 48.0 Å². The molecule has 29 heavy (non-hydrogen) atoms. The Morgan fingerprint density at radius 2 is 1.79 bits per heavy atom. The van der Waals surface area contributed by atoms with Crippen molar-refractivity contribution in [3.05, 3.63) is 70.3 Å². The van der Waals surface area contributed by atoms with Gasteiger partial charge in [-0.3, -0.25) is 9.59 Å². The van der Waals surface area contributed by atoms with Crippen LogP contribution in [0.2, 0.25) is 0 Å². The largest absolute Gasteiger partial charge is 0.507 e. The number of hydrogen-bond donors (Lipinski definition) is 1. The minimum atomic E-state index is -0.663. The summed E-state index contributed by atoms with van der Waals surface area (Å²) in [6.07, 6.45) is 1.61. The summed E-state index contributed by atoms with van der Waals surface area (Å²) in [6.45, 7) is 6.36. The maximum absolute atomic E-state index is 12.9. The zero-order valence-corrected chi connectivity index (χ0v) is 17.4. The van der Waals surface area contributed by atoms with E-state index in [0.29, 0.717) is 24.3 Å². The molecule has 1 aliphatic heterocycles. The number of benzene rings is 2. The van der Waals surface area contributed by atoms with Crippen LogP contribution >= 0.6 is 0 Å². The van der Waals surface area contributed by atoms with Gasteiger partial charge in [0.15, 0.2) is 0 Å². The lowest BCUT2D eigenvalue weighted by Crippen LogP contribution is -2.30. The van der Waals surface area contributed by atoms with Crippen LogP contribution in [-0.2, 0) is 16.0 Å². The number of methoxy groups -OCH3 is 1. The molecule has 0 aliphatic carbocycles. The first-order valence-corrected chi connectivity index (χ1v) is 9.95. The molecule has 0 bridgehead atoms. The molecule has 1 atom stereocenters. The maximum atomic E-state index is 12.9. The zero-order valence-electron chi connectivity index (χ0n) is 17.4. The first-order valence-electron chi connectivity index (χ1n) is 9.95. The van der Waals surface area contributed by atoms with Crippen LogP contribution in [0.1, 0.15) is 48.6 Å². The number of likely N-dealkylation sites (tertiary alicyclic amines) is 1. The van der Waals surface area contributed by atoms with Gasteiger partial charge in [0, 0.05) is 6.54 Å². The number of rotatable bonds is 6. The number of amides is 1. The van der Waals surface area contributed by atoms with Gasteiger partial charge in [-0.2, -0.15) is 0 Å². The van der Waals surface area contributed by atoms with Crippen molar-refractivity contribution in [2.75, 3.05) is 13.7 Å². The third kappa shape index (κ3) is 3.77. The number of aryl methyl sites for hydroxylation is 2. The number of aliphatic hydroxyl groups is 1. The van der Waals surface area contributed by atoms with E-state index in [0.717, 1.165) is 17.5 Å². The van der Waals surface area contributed by atoms with Crippen molar-refractivity contribution in [3.8, 4) is 5.75 Å². The van der Waals surface area contributed by atoms with Crippen molar-refractivity contribution in [2.45, 2.75) is 39.7 Å². The highest BCUT2D eigenvalue weighted by molar-refractivity contribution is 6.46. The number of ether oxygens (including phenoxy) is 1. The van der Waals surface area contributed by atoms with E-state index in [1.165, 1.54) is 12.7 Å². The van der Waals surface area contributed by atoms with Gasteiger partial charge in [0.25, 0.3) is 11.7 Å². The molecular weight excluding hydrogens is 366 g/mol. The third-order valence-electron chi connectivity index (χ3n) is 5.32. The van der Waals surface area contributed by atoms with E-state index in [1.807, 2.05) is 44.2 Å². The molecule has 1 heterocycles. The monoisotopic (exact) mass is 393 g/mol. The lowest BCUT2D eigenvalue weighted by Gasteiger charge is -2.25. The van der Waals surface area contributed by atoms with Gasteiger partial charge < -0.3 is 14.7 Å². The smallest absolute Gasteiger partial charge is 0.295 e. The molecule has 5 nitrogen and oxygen atoms in total. The van der Waals surface area contributed by atoms with Crippen LogP contribution in [0.25, 0.3) is 5.76 Å². The van der Waals surface area contributed by atoms with Gasteiger partial charge in [0.2, 0.25) is 0 Å². The fourth-order valence-electron chi connectivity index (χ4n) is 3.79. The second-order valence-electron chi connectivity index (χ2n) is 7.29. The molecule has 2 aromatic rings. The lowest BCUT2D eigenvalue weighted by atomic mass is 9.93. The van der Waals surface area contributed by atoms with Gasteiger partial charge in [0.05, 0.1) is 24.3 Å². The molecule has 0 spiro atoms. The average Bonchev–Trinajstić information content (AvgIpc) is 2.98. The number of hydrogen-bond acceptors (Lipinski definition) is 4. The fraction of sp³-hybridized carbons (Fsp3) is 0.333. The fourth-order valence-corrected chi connectivity index (χ4v) is 3.79. The molecule has 152 valence electrons. The topological polar surface area (TPSA) is 66.8 Å². The van der Waals surface area contributed by atoms with Crippen LogP contribution < -0.4 is 4.74 Å². The molecule has 5 heteroatoms. The SMILES string of the molecule is CCCN1C(=O)C(=O)/C(=C(/O)c2cc(C)ccc2OC)C1c1ccc(CC)cc1. The molecule has 1 aliphatic rings. The summed E-state index contributed by atoms with van der Waals surface area (Å²) in [5.41, 5.74) is 3.41. The Kier molecular flexibility index (Phi) is 6.06. The predicted molar refractivity (Wildman–Crippen MR) is 113 cm³/mol. The zero-order chi connectivity index (χ0) is 21.1. The molecule has 0 aromatic heterocycles. The van der Waals surface area contributed by atoms with Crippen LogP contribution in [0, 0.1) is 6.92 Å². The number of Topliss-reactive ketones (excluding diaryl/α,β-unsaturated/α-hetero) is 1. The molecule has 0 saturated carbocycles. The van der Waals surface area contributed by atoms with Crippen molar-refractivity contribution in [2.24, 2.45) is 0 Å². The van der Waals surface area contributed by atoms with Crippen molar-refractivity contribution < 1.29 is 19.4 Å². The minimum absolute atomic E-state index is 0.108. The van der Waals surface area contributed by atoms with Crippen LogP contribution in [0.5, 0.6) is 5.75 Å². The minimum Gasteiger partial charge on any atom is -0.507 e. The molecular formula is C24H27NO4. The van der Waals surface area contributed by atoms with Gasteiger partial charge in [-0.05, 0) is 43.0 Å². The molecule has 3 rings (SSSR count). The van der Waals surface area contributed by atoms with Gasteiger partial charge in [0.1, 0.15) is 11.5 Å². The second-order valence-corrected chi connectivity index (χ2v) is 7.29. The summed E-state index contributed by atoms with van der Waals surface area (Å²) in [4.78, 5) is 27.3. The Morgan fingerprint density at radius 1 is 1.10 bits per heavy atom. The van der Waals surface area contributed by atoms with Crippen molar-refractivity contribution in [1.29, 1.82) is 0 Å². The molecule has 1 unspecified atom stereocenters. The molecule has 2 aromatic carbocycles. The Hall–Kier alpha value is -3.08. The first-order chi connectivity index (χ1) is 13.9. The standard InChI is InChI=1S/C24H27NO4/c1-5-13-25-21(17-10-8-16(6-2)9-11-17)20(23(27)24(25)28)22(26)18-14-15(3)7-12-19(18)29-4/h7-12,14,21,26H,5-6,13H2,1-4H3/b22-20+. The molecule has 1 fully saturated rings. The van der Waals surface area contributed by atoms with Crippen LogP contribution in [0.4, 0.5) is 0 Å². The average molecular weight is 393 g/mol. The van der Waals surface area contributed by atoms with Crippen molar-refractivity contribution in [3.63, 3.8) is 0 Å². The second kappa shape index (κ2) is 8.52. The Labute approximate surface area is 171 Å². The van der Waals surface area contributed by atoms with E-state index in [1.54, 1.807) is 17.0 Å².